The van der Waals surface area contributed by atoms with Crippen molar-refractivity contribution in [2.24, 2.45) is 0 Å². The summed E-state index contributed by atoms with van der Waals surface area (Å²) < 4.78 is 53.2. The lowest BCUT2D eigenvalue weighted by Crippen LogP contribution is -2.33. The predicted molar refractivity (Wildman–Crippen MR) is 127 cm³/mol. The number of aromatic nitrogens is 7. The molecule has 0 aromatic carbocycles. The lowest BCUT2D eigenvalue weighted by molar-refractivity contribution is 0.0985. The molecular weight excluding hydrogens is 492 g/mol. The van der Waals surface area contributed by atoms with Crippen LogP contribution in [0.2, 0.25) is 0 Å². The van der Waals surface area contributed by atoms with Crippen molar-refractivity contribution >= 4 is 16.0 Å². The molecule has 36 heavy (non-hydrogen) atoms. The summed E-state index contributed by atoms with van der Waals surface area (Å²) in [6.45, 7) is 3.84. The molecule has 2 unspecified atom stereocenters. The van der Waals surface area contributed by atoms with Crippen LogP contribution in [0.25, 0.3) is 5.69 Å². The Morgan fingerprint density at radius 1 is 1.08 bits per heavy atom. The molecule has 0 amide bonds. The highest BCUT2D eigenvalue weighted by Gasteiger charge is 2.36. The summed E-state index contributed by atoms with van der Waals surface area (Å²) in [4.78, 5) is 16.8. The van der Waals surface area contributed by atoms with Gasteiger partial charge in [-0.25, -0.2) is 8.42 Å². The first-order chi connectivity index (χ1) is 17.3. The number of sulfonamides is 1. The molecule has 15 heteroatoms. The van der Waals surface area contributed by atoms with Crippen molar-refractivity contribution in [2.45, 2.75) is 44.1 Å². The van der Waals surface area contributed by atoms with Crippen molar-refractivity contribution in [1.29, 1.82) is 0 Å². The topological polar surface area (TPSA) is 165 Å². The fourth-order valence-corrected chi connectivity index (χ4v) is 5.04. The third-order valence-electron chi connectivity index (χ3n) is 5.77. The molecule has 3 aromatic heterocycles. The van der Waals surface area contributed by atoms with Crippen molar-refractivity contribution in [1.82, 2.24) is 34.7 Å². The summed E-state index contributed by atoms with van der Waals surface area (Å²) in [5.41, 5.74) is 1.31. The quantitative estimate of drug-likeness (QED) is 0.410. The largest absolute Gasteiger partial charge is 0.479 e. The average molecular weight is 521 g/mol. The van der Waals surface area contributed by atoms with Crippen LogP contribution in [0.5, 0.6) is 11.8 Å². The maximum absolute atomic E-state index is 13.5. The number of nitrogens with zero attached hydrogens (tertiary/aromatic N) is 7. The van der Waals surface area contributed by atoms with Crippen LogP contribution in [0.15, 0.2) is 18.7 Å². The van der Waals surface area contributed by atoms with E-state index in [0.29, 0.717) is 30.2 Å². The molecule has 3 aromatic rings. The van der Waals surface area contributed by atoms with Gasteiger partial charge in [-0.15, -0.1) is 10.2 Å². The van der Waals surface area contributed by atoms with Gasteiger partial charge in [0.15, 0.2) is 11.5 Å². The molecule has 1 fully saturated rings. The predicted octanol–water partition coefficient (Wildman–Crippen LogP) is 1.54. The SMILES string of the molecule is COc1ncnc(OC)c1-n1c(NS(=O)(=O)C(C)C(OC)c2cnc(C)cn2)nnc1[C@H]1CCCO1. The second kappa shape index (κ2) is 10.7. The number of aryl methyl sites for hydroxylation is 1. The minimum atomic E-state index is -4.09. The van der Waals surface area contributed by atoms with E-state index in [0.717, 1.165) is 6.42 Å². The van der Waals surface area contributed by atoms with Gasteiger partial charge in [0, 0.05) is 19.9 Å². The van der Waals surface area contributed by atoms with E-state index in [1.165, 1.54) is 45.3 Å². The van der Waals surface area contributed by atoms with E-state index in [2.05, 4.69) is 34.9 Å². The van der Waals surface area contributed by atoms with Crippen LogP contribution in [-0.4, -0.2) is 76.3 Å². The average Bonchev–Trinajstić information content (AvgIpc) is 3.54. The van der Waals surface area contributed by atoms with Crippen LogP contribution in [0.4, 0.5) is 5.95 Å². The van der Waals surface area contributed by atoms with Crippen LogP contribution in [-0.2, 0) is 19.5 Å². The Labute approximate surface area is 208 Å². The minimum Gasteiger partial charge on any atom is -0.479 e. The summed E-state index contributed by atoms with van der Waals surface area (Å²) in [7, 11) is 0.177. The van der Waals surface area contributed by atoms with Crippen molar-refractivity contribution < 1.29 is 27.4 Å². The maximum atomic E-state index is 13.5. The van der Waals surface area contributed by atoms with E-state index in [9.17, 15) is 8.42 Å². The molecule has 1 N–H and O–H groups in total. The van der Waals surface area contributed by atoms with Crippen LogP contribution in [0.3, 0.4) is 0 Å². The number of nitrogens with one attached hydrogen (secondary N) is 1. The minimum absolute atomic E-state index is 0.108. The second-order valence-electron chi connectivity index (χ2n) is 8.05. The Kier molecular flexibility index (Phi) is 7.61. The number of ether oxygens (including phenoxy) is 4. The summed E-state index contributed by atoms with van der Waals surface area (Å²) >= 11 is 0. The Morgan fingerprint density at radius 2 is 1.81 bits per heavy atom. The summed E-state index contributed by atoms with van der Waals surface area (Å²) in [5.74, 6) is 0.527. The van der Waals surface area contributed by atoms with Gasteiger partial charge in [-0.1, -0.05) is 0 Å². The third-order valence-corrected chi connectivity index (χ3v) is 7.46. The van der Waals surface area contributed by atoms with Crippen LogP contribution < -0.4 is 14.2 Å². The number of hydrogen-bond donors (Lipinski definition) is 1. The first-order valence-corrected chi connectivity index (χ1v) is 12.7. The van der Waals surface area contributed by atoms with E-state index in [4.69, 9.17) is 18.9 Å². The van der Waals surface area contributed by atoms with Crippen LogP contribution >= 0.6 is 0 Å². The van der Waals surface area contributed by atoms with Gasteiger partial charge in [-0.2, -0.15) is 9.97 Å². The number of hydrogen-bond acceptors (Lipinski definition) is 12. The highest BCUT2D eigenvalue weighted by atomic mass is 32.2. The smallest absolute Gasteiger partial charge is 0.245 e. The van der Waals surface area contributed by atoms with E-state index in [1.54, 1.807) is 13.1 Å². The van der Waals surface area contributed by atoms with E-state index < -0.39 is 27.5 Å². The molecule has 1 aliphatic heterocycles. The molecule has 14 nitrogen and oxygen atoms in total. The van der Waals surface area contributed by atoms with Gasteiger partial charge in [0.2, 0.25) is 27.7 Å². The second-order valence-corrected chi connectivity index (χ2v) is 10.1. The molecule has 4 heterocycles. The summed E-state index contributed by atoms with van der Waals surface area (Å²) in [6, 6.07) is 0. The van der Waals surface area contributed by atoms with Gasteiger partial charge >= 0.3 is 0 Å². The highest BCUT2D eigenvalue weighted by Crippen LogP contribution is 2.37. The van der Waals surface area contributed by atoms with Gasteiger partial charge in [0.05, 0.1) is 31.8 Å². The summed E-state index contributed by atoms with van der Waals surface area (Å²) in [5, 5.41) is 7.30. The van der Waals surface area contributed by atoms with E-state index >= 15 is 0 Å². The Bertz CT molecular complexity index is 1270. The molecular formula is C21H28N8O6S. The lowest BCUT2D eigenvalue weighted by atomic mass is 10.2. The van der Waals surface area contributed by atoms with Gasteiger partial charge in [0.1, 0.15) is 23.8 Å². The Morgan fingerprint density at radius 3 is 2.36 bits per heavy atom. The van der Waals surface area contributed by atoms with Crippen molar-refractivity contribution in [3.05, 3.63) is 35.9 Å². The molecule has 0 saturated carbocycles. The zero-order valence-corrected chi connectivity index (χ0v) is 21.4. The molecule has 194 valence electrons. The number of anilines is 1. The van der Waals surface area contributed by atoms with Gasteiger partial charge in [-0.05, 0) is 26.7 Å². The first-order valence-electron chi connectivity index (χ1n) is 11.1. The molecule has 1 aliphatic rings. The summed E-state index contributed by atoms with van der Waals surface area (Å²) in [6.07, 6.45) is 4.50. The lowest BCUT2D eigenvalue weighted by Gasteiger charge is -2.23. The van der Waals surface area contributed by atoms with Gasteiger partial charge < -0.3 is 18.9 Å². The van der Waals surface area contributed by atoms with Gasteiger partial charge in [0.25, 0.3) is 0 Å². The normalized spacial score (nSPS) is 17.5. The van der Waals surface area contributed by atoms with Crippen molar-refractivity contribution in [3.63, 3.8) is 0 Å². The zero-order valence-electron chi connectivity index (χ0n) is 20.6. The van der Waals surface area contributed by atoms with Crippen LogP contribution in [0, 0.1) is 6.92 Å². The van der Waals surface area contributed by atoms with Crippen molar-refractivity contribution in [2.75, 3.05) is 32.7 Å². The molecule has 0 aliphatic carbocycles. The standard InChI is InChI=1S/C21H28N8O6S/c1-12-9-23-14(10-22-12)17(32-3)13(2)36(30,31)28-21-27-26-18(15-7-6-8-35-15)29(21)16-19(33-4)24-11-25-20(16)34-5/h9-11,13,15,17H,6-8H2,1-5H3,(H,27,28)/t13?,15-,17?/m1/s1. The fourth-order valence-electron chi connectivity index (χ4n) is 3.90. The molecule has 0 spiro atoms. The van der Waals surface area contributed by atoms with Gasteiger partial charge in [-0.3, -0.25) is 19.3 Å². The Balaban J connectivity index is 1.77. The first kappa shape index (κ1) is 25.7. The molecule has 1 saturated heterocycles. The maximum Gasteiger partial charge on any atom is 0.245 e. The van der Waals surface area contributed by atoms with E-state index in [-0.39, 0.29) is 23.4 Å². The van der Waals surface area contributed by atoms with E-state index in [1.807, 2.05) is 0 Å². The third kappa shape index (κ3) is 4.94. The molecule has 0 bridgehead atoms. The highest BCUT2D eigenvalue weighted by molar-refractivity contribution is 7.93. The van der Waals surface area contributed by atoms with Crippen LogP contribution in [0.1, 0.15) is 49.2 Å². The molecule has 3 atom stereocenters. The molecule has 0 radical (unpaired) electrons. The number of methoxy groups -OCH3 is 3. The Hall–Kier alpha value is -3.43. The van der Waals surface area contributed by atoms with Crippen molar-refractivity contribution in [3.8, 4) is 17.4 Å². The fraction of sp³-hybridized carbons (Fsp3) is 0.524. The molecule has 4 rings (SSSR count). The monoisotopic (exact) mass is 520 g/mol. The number of rotatable bonds is 10. The zero-order chi connectivity index (χ0) is 25.9.